The molecule has 0 N–H and O–H groups in total. The molecule has 2 rings (SSSR count). The predicted octanol–water partition coefficient (Wildman–Crippen LogP) is 4.05. The van der Waals surface area contributed by atoms with Gasteiger partial charge in [-0.1, -0.05) is 12.7 Å². The maximum Gasteiger partial charge on any atom is 0.416 e. The average molecular weight is 242 g/mol. The van der Waals surface area contributed by atoms with Crippen molar-refractivity contribution >= 4 is 0 Å². The highest BCUT2D eigenvalue weighted by Crippen LogP contribution is 2.36. The normalized spacial score (nSPS) is 17.6. The molecule has 1 saturated carbocycles. The van der Waals surface area contributed by atoms with Gasteiger partial charge >= 0.3 is 6.18 Å². The van der Waals surface area contributed by atoms with Gasteiger partial charge in [-0.15, -0.1) is 0 Å². The van der Waals surface area contributed by atoms with Crippen LogP contribution in [0.1, 0.15) is 18.4 Å². The zero-order valence-corrected chi connectivity index (χ0v) is 9.20. The van der Waals surface area contributed by atoms with Gasteiger partial charge < -0.3 is 4.74 Å². The molecule has 0 radical (unpaired) electrons. The van der Waals surface area contributed by atoms with Gasteiger partial charge in [0.05, 0.1) is 5.56 Å². The molecule has 0 aliphatic heterocycles. The topological polar surface area (TPSA) is 9.23 Å². The predicted molar refractivity (Wildman–Crippen MR) is 58.8 cm³/mol. The van der Waals surface area contributed by atoms with Crippen LogP contribution in [0.15, 0.2) is 36.9 Å². The zero-order valence-electron chi connectivity index (χ0n) is 9.20. The number of hydrogen-bond acceptors (Lipinski definition) is 1. The molecular formula is C13H13F3O. The molecule has 0 bridgehead atoms. The van der Waals surface area contributed by atoms with E-state index in [1.807, 2.05) is 0 Å². The molecule has 1 atom stereocenters. The van der Waals surface area contributed by atoms with E-state index in [2.05, 4.69) is 6.58 Å². The first kappa shape index (κ1) is 12.0. The lowest BCUT2D eigenvalue weighted by Gasteiger charge is -2.15. The minimum atomic E-state index is -4.30. The van der Waals surface area contributed by atoms with E-state index < -0.39 is 11.7 Å². The van der Waals surface area contributed by atoms with Crippen LogP contribution in [-0.2, 0) is 6.18 Å². The van der Waals surface area contributed by atoms with Crippen LogP contribution in [0.4, 0.5) is 13.2 Å². The van der Waals surface area contributed by atoms with Crippen molar-refractivity contribution in [3.05, 3.63) is 42.5 Å². The van der Waals surface area contributed by atoms with E-state index >= 15 is 0 Å². The van der Waals surface area contributed by atoms with Crippen LogP contribution in [0.3, 0.4) is 0 Å². The van der Waals surface area contributed by atoms with Gasteiger partial charge in [-0.05, 0) is 43.0 Å². The number of halogens is 3. The van der Waals surface area contributed by atoms with Crippen molar-refractivity contribution in [2.75, 3.05) is 0 Å². The molecule has 1 nitrogen and oxygen atoms in total. The van der Waals surface area contributed by atoms with Crippen LogP contribution in [0, 0.1) is 5.92 Å². The van der Waals surface area contributed by atoms with E-state index in [0.29, 0.717) is 11.7 Å². The number of rotatable bonds is 4. The summed E-state index contributed by atoms with van der Waals surface area (Å²) in [4.78, 5) is 0. The first-order chi connectivity index (χ1) is 8.00. The van der Waals surface area contributed by atoms with Gasteiger partial charge in [-0.3, -0.25) is 0 Å². The van der Waals surface area contributed by atoms with Crippen LogP contribution < -0.4 is 4.74 Å². The molecule has 4 heteroatoms. The lowest BCUT2D eigenvalue weighted by Crippen LogP contribution is -2.15. The highest BCUT2D eigenvalue weighted by Gasteiger charge is 2.32. The van der Waals surface area contributed by atoms with Crippen molar-refractivity contribution in [1.29, 1.82) is 0 Å². The van der Waals surface area contributed by atoms with Crippen molar-refractivity contribution in [3.63, 3.8) is 0 Å². The standard InChI is InChI=1S/C13H13F3O/c1-2-12(9-3-4-9)17-11-7-5-10(6-8-11)13(14,15)16/h2,5-9,12H,1,3-4H2. The molecule has 0 spiro atoms. The molecule has 92 valence electrons. The molecule has 1 aromatic carbocycles. The fourth-order valence-electron chi connectivity index (χ4n) is 1.64. The molecule has 1 aromatic rings. The molecule has 0 saturated heterocycles. The van der Waals surface area contributed by atoms with Gasteiger partial charge in [0.1, 0.15) is 11.9 Å². The van der Waals surface area contributed by atoms with E-state index in [-0.39, 0.29) is 6.10 Å². The summed E-state index contributed by atoms with van der Waals surface area (Å²) in [5, 5.41) is 0. The highest BCUT2D eigenvalue weighted by molar-refractivity contribution is 5.29. The summed E-state index contributed by atoms with van der Waals surface area (Å²) in [6, 6.07) is 4.76. The second-order valence-corrected chi connectivity index (χ2v) is 4.18. The van der Waals surface area contributed by atoms with Gasteiger partial charge in [0.25, 0.3) is 0 Å². The zero-order chi connectivity index (χ0) is 12.5. The Balaban J connectivity index is 2.04. The largest absolute Gasteiger partial charge is 0.486 e. The smallest absolute Gasteiger partial charge is 0.416 e. The third-order valence-electron chi connectivity index (χ3n) is 2.77. The van der Waals surface area contributed by atoms with Crippen LogP contribution in [-0.4, -0.2) is 6.10 Å². The molecule has 1 unspecified atom stereocenters. The van der Waals surface area contributed by atoms with Gasteiger partial charge in [0, 0.05) is 0 Å². The second kappa shape index (κ2) is 4.43. The Labute approximate surface area is 97.9 Å². The maximum atomic E-state index is 12.3. The molecule has 1 aliphatic rings. The molecule has 0 aromatic heterocycles. The molecule has 17 heavy (non-hydrogen) atoms. The Morgan fingerprint density at radius 3 is 2.24 bits per heavy atom. The minimum absolute atomic E-state index is 0.0910. The van der Waals surface area contributed by atoms with Crippen LogP contribution >= 0.6 is 0 Å². The van der Waals surface area contributed by atoms with E-state index in [4.69, 9.17) is 4.74 Å². The Morgan fingerprint density at radius 1 is 1.24 bits per heavy atom. The average Bonchev–Trinajstić information content (AvgIpc) is 3.09. The highest BCUT2D eigenvalue weighted by atomic mass is 19.4. The monoisotopic (exact) mass is 242 g/mol. The summed E-state index contributed by atoms with van der Waals surface area (Å²) in [6.45, 7) is 3.67. The van der Waals surface area contributed by atoms with E-state index in [1.54, 1.807) is 6.08 Å². The number of ether oxygens (including phenoxy) is 1. The van der Waals surface area contributed by atoms with E-state index in [9.17, 15) is 13.2 Å². The first-order valence-electron chi connectivity index (χ1n) is 5.47. The van der Waals surface area contributed by atoms with Gasteiger partial charge in [-0.2, -0.15) is 13.2 Å². The summed E-state index contributed by atoms with van der Waals surface area (Å²) in [7, 11) is 0. The first-order valence-corrected chi connectivity index (χ1v) is 5.47. The van der Waals surface area contributed by atoms with Crippen molar-refractivity contribution in [2.45, 2.75) is 25.1 Å². The minimum Gasteiger partial charge on any atom is -0.486 e. The van der Waals surface area contributed by atoms with Crippen LogP contribution in [0.5, 0.6) is 5.75 Å². The van der Waals surface area contributed by atoms with Gasteiger partial charge in [0.15, 0.2) is 0 Å². The summed E-state index contributed by atoms with van der Waals surface area (Å²) < 4.78 is 42.6. The van der Waals surface area contributed by atoms with Gasteiger partial charge in [-0.25, -0.2) is 0 Å². The fourth-order valence-corrected chi connectivity index (χ4v) is 1.64. The summed E-state index contributed by atoms with van der Waals surface area (Å²) in [6.07, 6.45) is -0.497. The van der Waals surface area contributed by atoms with Crippen LogP contribution in [0.25, 0.3) is 0 Å². The number of hydrogen-bond donors (Lipinski definition) is 0. The third-order valence-corrected chi connectivity index (χ3v) is 2.77. The third kappa shape index (κ3) is 3.02. The Kier molecular flexibility index (Phi) is 3.13. The maximum absolute atomic E-state index is 12.3. The lowest BCUT2D eigenvalue weighted by molar-refractivity contribution is -0.137. The Hall–Kier alpha value is -1.45. The van der Waals surface area contributed by atoms with Gasteiger partial charge in [0.2, 0.25) is 0 Å². The second-order valence-electron chi connectivity index (χ2n) is 4.18. The molecule has 1 fully saturated rings. The SMILES string of the molecule is C=CC(Oc1ccc(C(F)(F)F)cc1)C1CC1. The van der Waals surface area contributed by atoms with Crippen molar-refractivity contribution in [1.82, 2.24) is 0 Å². The fraction of sp³-hybridized carbons (Fsp3) is 0.385. The van der Waals surface area contributed by atoms with E-state index in [0.717, 1.165) is 25.0 Å². The quantitative estimate of drug-likeness (QED) is 0.724. The molecular weight excluding hydrogens is 229 g/mol. The molecule has 0 heterocycles. The molecule has 0 amide bonds. The summed E-state index contributed by atoms with van der Waals surface area (Å²) in [5.41, 5.74) is -0.661. The Bertz CT molecular complexity index is 390. The lowest BCUT2D eigenvalue weighted by atomic mass is 10.2. The number of benzene rings is 1. The summed E-state index contributed by atoms with van der Waals surface area (Å²) >= 11 is 0. The van der Waals surface area contributed by atoms with Crippen molar-refractivity contribution in [2.24, 2.45) is 5.92 Å². The van der Waals surface area contributed by atoms with Crippen molar-refractivity contribution in [3.8, 4) is 5.75 Å². The number of alkyl halides is 3. The molecule has 1 aliphatic carbocycles. The van der Waals surface area contributed by atoms with Crippen molar-refractivity contribution < 1.29 is 17.9 Å². The van der Waals surface area contributed by atoms with E-state index in [1.165, 1.54) is 12.1 Å². The summed E-state index contributed by atoms with van der Waals surface area (Å²) in [5.74, 6) is 0.921. The Morgan fingerprint density at radius 2 is 1.82 bits per heavy atom. The van der Waals surface area contributed by atoms with Crippen LogP contribution in [0.2, 0.25) is 0 Å².